The molecule has 1 heterocycles. The minimum atomic E-state index is -1.15. The summed E-state index contributed by atoms with van der Waals surface area (Å²) in [5, 5.41) is 17.9. The molecule has 0 atom stereocenters. The molecule has 0 aliphatic carbocycles. The van der Waals surface area contributed by atoms with Crippen molar-refractivity contribution >= 4 is 5.97 Å². The van der Waals surface area contributed by atoms with Crippen molar-refractivity contribution in [2.75, 3.05) is 0 Å². The van der Waals surface area contributed by atoms with E-state index in [0.717, 1.165) is 6.39 Å². The predicted molar refractivity (Wildman–Crippen MR) is 50.6 cm³/mol. The molecule has 0 radical (unpaired) electrons. The third-order valence-corrected chi connectivity index (χ3v) is 1.90. The number of aromatic hydroxyl groups is 1. The lowest BCUT2D eigenvalue weighted by Gasteiger charge is -1.97. The van der Waals surface area contributed by atoms with Crippen LogP contribution in [-0.2, 0) is 0 Å². The number of phenols is 1. The Balaban J connectivity index is 2.49. The number of oxazole rings is 1. The highest BCUT2D eigenvalue weighted by molar-refractivity contribution is 5.92. The third kappa shape index (κ3) is 1.67. The van der Waals surface area contributed by atoms with E-state index in [4.69, 9.17) is 14.6 Å². The lowest BCUT2D eigenvalue weighted by atomic mass is 10.1. The van der Waals surface area contributed by atoms with Gasteiger partial charge in [0.25, 0.3) is 0 Å². The number of rotatable bonds is 2. The Morgan fingerprint density at radius 2 is 1.93 bits per heavy atom. The molecule has 2 N–H and O–H groups in total. The summed E-state index contributed by atoms with van der Waals surface area (Å²) in [6.07, 6.45) is 1.08. The molecular weight excluding hydrogens is 198 g/mol. The molecule has 0 aliphatic heterocycles. The van der Waals surface area contributed by atoms with E-state index >= 15 is 0 Å². The monoisotopic (exact) mass is 205 g/mol. The first kappa shape index (κ1) is 9.26. The average molecular weight is 205 g/mol. The van der Waals surface area contributed by atoms with E-state index < -0.39 is 5.97 Å². The molecule has 0 bridgehead atoms. The van der Waals surface area contributed by atoms with Gasteiger partial charge >= 0.3 is 5.97 Å². The molecule has 0 aliphatic rings. The summed E-state index contributed by atoms with van der Waals surface area (Å²) in [7, 11) is 0. The summed E-state index contributed by atoms with van der Waals surface area (Å²) in [5.74, 6) is -0.857. The van der Waals surface area contributed by atoms with Gasteiger partial charge in [0.1, 0.15) is 5.75 Å². The molecule has 2 rings (SSSR count). The van der Waals surface area contributed by atoms with Crippen molar-refractivity contribution in [1.29, 1.82) is 0 Å². The maximum absolute atomic E-state index is 10.8. The third-order valence-electron chi connectivity index (χ3n) is 1.90. The first-order chi connectivity index (χ1) is 7.18. The number of benzene rings is 1. The number of aromatic carboxylic acids is 1. The second kappa shape index (κ2) is 3.45. The Morgan fingerprint density at radius 1 is 1.27 bits per heavy atom. The Labute approximate surface area is 84.6 Å². The van der Waals surface area contributed by atoms with Crippen molar-refractivity contribution in [1.82, 2.24) is 4.98 Å². The maximum atomic E-state index is 10.8. The van der Waals surface area contributed by atoms with Crippen molar-refractivity contribution in [2.45, 2.75) is 0 Å². The van der Waals surface area contributed by atoms with E-state index in [9.17, 15) is 4.79 Å². The van der Waals surface area contributed by atoms with Gasteiger partial charge in [-0.2, -0.15) is 0 Å². The van der Waals surface area contributed by atoms with Crippen molar-refractivity contribution in [3.8, 4) is 17.1 Å². The topological polar surface area (TPSA) is 83.6 Å². The van der Waals surface area contributed by atoms with E-state index in [1.165, 1.54) is 12.1 Å². The van der Waals surface area contributed by atoms with Crippen LogP contribution in [-0.4, -0.2) is 21.2 Å². The molecule has 15 heavy (non-hydrogen) atoms. The highest BCUT2D eigenvalue weighted by Crippen LogP contribution is 2.24. The van der Waals surface area contributed by atoms with Gasteiger partial charge in [-0.1, -0.05) is 0 Å². The van der Waals surface area contributed by atoms with Crippen molar-refractivity contribution < 1.29 is 19.4 Å². The summed E-state index contributed by atoms with van der Waals surface area (Å²) in [4.78, 5) is 14.3. The van der Waals surface area contributed by atoms with Gasteiger partial charge in [-0.25, -0.2) is 9.78 Å². The predicted octanol–water partition coefficient (Wildman–Crippen LogP) is 1.75. The molecule has 1 aromatic carbocycles. The number of phenolic OH excluding ortho intramolecular Hbond substituents is 1. The van der Waals surface area contributed by atoms with Crippen LogP contribution in [0.5, 0.6) is 5.75 Å². The minimum absolute atomic E-state index is 0.107. The fourth-order valence-corrected chi connectivity index (χ4v) is 1.22. The summed E-state index contributed by atoms with van der Waals surface area (Å²) in [5.41, 5.74) is 0.420. The summed E-state index contributed by atoms with van der Waals surface area (Å²) in [6.45, 7) is 0. The molecule has 0 unspecified atom stereocenters. The van der Waals surface area contributed by atoms with E-state index in [1.807, 2.05) is 0 Å². The highest BCUT2D eigenvalue weighted by Gasteiger charge is 2.16. The second-order valence-corrected chi connectivity index (χ2v) is 2.88. The van der Waals surface area contributed by atoms with Gasteiger partial charge in [-0.3, -0.25) is 0 Å². The van der Waals surface area contributed by atoms with Gasteiger partial charge in [0, 0.05) is 5.56 Å². The number of carboxylic acid groups (broad SMARTS) is 1. The first-order valence-corrected chi connectivity index (χ1v) is 4.14. The first-order valence-electron chi connectivity index (χ1n) is 4.14. The number of aromatic nitrogens is 1. The molecule has 5 nitrogen and oxygen atoms in total. The van der Waals surface area contributed by atoms with Crippen LogP contribution in [0.25, 0.3) is 11.3 Å². The summed E-state index contributed by atoms with van der Waals surface area (Å²) >= 11 is 0. The van der Waals surface area contributed by atoms with Crippen LogP contribution < -0.4 is 0 Å². The summed E-state index contributed by atoms with van der Waals surface area (Å²) < 4.78 is 4.98. The van der Waals surface area contributed by atoms with Crippen LogP contribution in [0.4, 0.5) is 0 Å². The molecule has 0 saturated carbocycles. The van der Waals surface area contributed by atoms with E-state index in [0.29, 0.717) is 5.56 Å². The van der Waals surface area contributed by atoms with Gasteiger partial charge in [-0.05, 0) is 24.3 Å². The molecular formula is C10H7NO4. The van der Waals surface area contributed by atoms with Crippen LogP contribution in [0.15, 0.2) is 35.1 Å². The SMILES string of the molecule is O=C(O)c1ncoc1-c1ccc(O)cc1. The fraction of sp³-hybridized carbons (Fsp3) is 0. The van der Waals surface area contributed by atoms with E-state index in [-0.39, 0.29) is 17.2 Å². The Morgan fingerprint density at radius 3 is 2.53 bits per heavy atom. The van der Waals surface area contributed by atoms with Crippen molar-refractivity contribution in [3.63, 3.8) is 0 Å². The van der Waals surface area contributed by atoms with Gasteiger partial charge in [0.15, 0.2) is 17.8 Å². The van der Waals surface area contributed by atoms with Crippen LogP contribution in [0.2, 0.25) is 0 Å². The van der Waals surface area contributed by atoms with Crippen LogP contribution >= 0.6 is 0 Å². The molecule has 0 fully saturated rings. The largest absolute Gasteiger partial charge is 0.508 e. The second-order valence-electron chi connectivity index (χ2n) is 2.88. The number of carbonyl (C=O) groups is 1. The van der Waals surface area contributed by atoms with Gasteiger partial charge in [0.2, 0.25) is 0 Å². The Hall–Kier alpha value is -2.30. The number of hydrogen-bond donors (Lipinski definition) is 2. The quantitative estimate of drug-likeness (QED) is 0.780. The zero-order chi connectivity index (χ0) is 10.8. The molecule has 0 spiro atoms. The molecule has 2 aromatic rings. The van der Waals surface area contributed by atoms with Crippen LogP contribution in [0, 0.1) is 0 Å². The smallest absolute Gasteiger partial charge is 0.358 e. The van der Waals surface area contributed by atoms with Crippen molar-refractivity contribution in [3.05, 3.63) is 36.4 Å². The number of carboxylic acids is 1. The lowest BCUT2D eigenvalue weighted by Crippen LogP contribution is -1.98. The van der Waals surface area contributed by atoms with E-state index in [2.05, 4.69) is 4.98 Å². The number of hydrogen-bond acceptors (Lipinski definition) is 4. The van der Waals surface area contributed by atoms with Gasteiger partial charge < -0.3 is 14.6 Å². The zero-order valence-corrected chi connectivity index (χ0v) is 7.54. The standard InChI is InChI=1S/C10H7NO4/c12-7-3-1-6(2-4-7)9-8(10(13)14)11-5-15-9/h1-5,12H,(H,13,14). The van der Waals surface area contributed by atoms with Crippen LogP contribution in [0.1, 0.15) is 10.5 Å². The molecule has 1 aromatic heterocycles. The van der Waals surface area contributed by atoms with Gasteiger partial charge in [-0.15, -0.1) is 0 Å². The highest BCUT2D eigenvalue weighted by atomic mass is 16.4. The lowest BCUT2D eigenvalue weighted by molar-refractivity contribution is 0.0691. The Kier molecular flexibility index (Phi) is 2.13. The molecule has 0 amide bonds. The average Bonchev–Trinajstić information content (AvgIpc) is 2.67. The van der Waals surface area contributed by atoms with E-state index in [1.54, 1.807) is 12.1 Å². The molecule has 5 heteroatoms. The normalized spacial score (nSPS) is 10.1. The molecule has 76 valence electrons. The summed E-state index contributed by atoms with van der Waals surface area (Å²) in [6, 6.07) is 6.01. The Bertz CT molecular complexity index is 486. The number of nitrogens with zero attached hydrogens (tertiary/aromatic N) is 1. The minimum Gasteiger partial charge on any atom is -0.508 e. The van der Waals surface area contributed by atoms with Gasteiger partial charge in [0.05, 0.1) is 0 Å². The van der Waals surface area contributed by atoms with Crippen LogP contribution in [0.3, 0.4) is 0 Å². The van der Waals surface area contributed by atoms with Crippen molar-refractivity contribution in [2.24, 2.45) is 0 Å². The molecule has 0 saturated heterocycles. The zero-order valence-electron chi connectivity index (χ0n) is 7.54. The maximum Gasteiger partial charge on any atom is 0.358 e. The fourth-order valence-electron chi connectivity index (χ4n) is 1.22.